The summed E-state index contributed by atoms with van der Waals surface area (Å²) in [6.07, 6.45) is 7.64. The first-order valence-electron chi connectivity index (χ1n) is 3.05. The molecule has 0 amide bonds. The summed E-state index contributed by atoms with van der Waals surface area (Å²) in [6, 6.07) is 0. The van der Waals surface area contributed by atoms with E-state index in [1.165, 1.54) is 6.08 Å². The van der Waals surface area contributed by atoms with Gasteiger partial charge in [-0.2, -0.15) is 0 Å². The molecule has 11 heavy (non-hydrogen) atoms. The molecule has 0 aliphatic heterocycles. The van der Waals surface area contributed by atoms with Crippen molar-refractivity contribution in [3.63, 3.8) is 0 Å². The van der Waals surface area contributed by atoms with E-state index >= 15 is 0 Å². The van der Waals surface area contributed by atoms with Gasteiger partial charge in [-0.1, -0.05) is 6.08 Å². The maximum absolute atomic E-state index is 9.51. The minimum atomic E-state index is -0.891. The largest absolute Gasteiger partial charge is 0.478 e. The third-order valence-corrected chi connectivity index (χ3v) is 0.715. The van der Waals surface area contributed by atoms with Crippen molar-refractivity contribution >= 4 is 5.97 Å². The number of nitrogens with one attached hydrogen (secondary N) is 1. The van der Waals surface area contributed by atoms with E-state index in [-0.39, 0.29) is 0 Å². The molecule has 0 spiro atoms. The van der Waals surface area contributed by atoms with Crippen LogP contribution in [0.1, 0.15) is 6.92 Å². The molecule has 0 saturated carbocycles. The molecule has 1 aromatic heterocycles. The molecule has 1 heterocycles. The van der Waals surface area contributed by atoms with Crippen LogP contribution >= 0.6 is 0 Å². The number of aromatic amines is 1. The van der Waals surface area contributed by atoms with Gasteiger partial charge in [0.2, 0.25) is 0 Å². The smallest absolute Gasteiger partial charge is 0.327 e. The molecular weight excluding hydrogens is 144 g/mol. The molecule has 0 radical (unpaired) electrons. The number of aliphatic carboxylic acids is 1. The number of hydrogen-bond acceptors (Lipinski definition) is 2. The van der Waals surface area contributed by atoms with Gasteiger partial charge in [-0.3, -0.25) is 0 Å². The van der Waals surface area contributed by atoms with E-state index in [9.17, 15) is 4.79 Å². The van der Waals surface area contributed by atoms with Gasteiger partial charge in [0.05, 0.1) is 6.33 Å². The Hall–Kier alpha value is -1.58. The van der Waals surface area contributed by atoms with Gasteiger partial charge in [-0.05, 0) is 6.92 Å². The van der Waals surface area contributed by atoms with Crippen LogP contribution < -0.4 is 0 Å². The Morgan fingerprint density at radius 1 is 1.73 bits per heavy atom. The van der Waals surface area contributed by atoms with Crippen LogP contribution in [0, 0.1) is 0 Å². The highest BCUT2D eigenvalue weighted by atomic mass is 16.4. The van der Waals surface area contributed by atoms with Crippen molar-refractivity contribution in [2.45, 2.75) is 6.92 Å². The number of carboxylic acid groups (broad SMARTS) is 1. The second-order valence-electron chi connectivity index (χ2n) is 1.60. The number of carbonyl (C=O) groups is 1. The predicted octanol–water partition coefficient (Wildman–Crippen LogP) is 1.06. The van der Waals surface area contributed by atoms with E-state index in [1.807, 2.05) is 0 Å². The fourth-order valence-corrected chi connectivity index (χ4v) is 0.358. The number of nitrogens with zero attached hydrogens (tertiary/aromatic N) is 1. The number of rotatable bonds is 1. The zero-order valence-corrected chi connectivity index (χ0v) is 6.19. The van der Waals surface area contributed by atoms with Crippen molar-refractivity contribution in [1.29, 1.82) is 0 Å². The second-order valence-corrected chi connectivity index (χ2v) is 1.60. The highest BCUT2D eigenvalue weighted by molar-refractivity contribution is 5.79. The summed E-state index contributed by atoms with van der Waals surface area (Å²) in [7, 11) is 0. The molecular formula is C7H10N2O2. The summed E-state index contributed by atoms with van der Waals surface area (Å²) in [6.45, 7) is 1.66. The Bertz CT molecular complexity index is 187. The van der Waals surface area contributed by atoms with E-state index in [4.69, 9.17) is 5.11 Å². The van der Waals surface area contributed by atoms with Gasteiger partial charge in [-0.25, -0.2) is 9.78 Å². The van der Waals surface area contributed by atoms with E-state index < -0.39 is 5.97 Å². The fraction of sp³-hybridized carbons (Fsp3) is 0.143. The molecule has 4 heteroatoms. The molecule has 2 N–H and O–H groups in total. The van der Waals surface area contributed by atoms with E-state index in [0.717, 1.165) is 6.08 Å². The summed E-state index contributed by atoms with van der Waals surface area (Å²) in [5, 5.41) is 7.83. The van der Waals surface area contributed by atoms with Gasteiger partial charge >= 0.3 is 5.97 Å². The van der Waals surface area contributed by atoms with Crippen LogP contribution in [0.15, 0.2) is 30.9 Å². The lowest BCUT2D eigenvalue weighted by atomic mass is 10.5. The molecule has 0 aliphatic rings. The Morgan fingerprint density at radius 2 is 2.45 bits per heavy atom. The van der Waals surface area contributed by atoms with Gasteiger partial charge in [0.15, 0.2) is 0 Å². The normalized spacial score (nSPS) is 8.82. The molecule has 0 fully saturated rings. The standard InChI is InChI=1S/C4H6O2.C3H4N2/c1-2-3-4(5)6;1-2-5-3-4-1/h2-3H,1H3,(H,5,6);1-3H,(H,4,5). The third-order valence-electron chi connectivity index (χ3n) is 0.715. The SMILES string of the molecule is CC=CC(=O)O.c1c[nH]cn1. The monoisotopic (exact) mass is 154 g/mol. The summed E-state index contributed by atoms with van der Waals surface area (Å²) >= 11 is 0. The quantitative estimate of drug-likeness (QED) is 0.594. The zero-order valence-electron chi connectivity index (χ0n) is 6.19. The minimum absolute atomic E-state index is 0.891. The van der Waals surface area contributed by atoms with Gasteiger partial charge in [0.25, 0.3) is 0 Å². The Morgan fingerprint density at radius 3 is 2.55 bits per heavy atom. The maximum Gasteiger partial charge on any atom is 0.327 e. The highest BCUT2D eigenvalue weighted by Gasteiger charge is 1.76. The minimum Gasteiger partial charge on any atom is -0.478 e. The van der Waals surface area contributed by atoms with Crippen LogP contribution in [-0.4, -0.2) is 21.0 Å². The number of carboxylic acids is 1. The lowest BCUT2D eigenvalue weighted by Crippen LogP contribution is -1.83. The van der Waals surface area contributed by atoms with Crippen molar-refractivity contribution in [2.24, 2.45) is 0 Å². The number of hydrogen-bond donors (Lipinski definition) is 2. The average Bonchev–Trinajstić information content (AvgIpc) is 2.41. The van der Waals surface area contributed by atoms with Crippen molar-refractivity contribution in [3.05, 3.63) is 30.9 Å². The Kier molecular flexibility index (Phi) is 5.60. The first-order chi connectivity index (χ1) is 5.27. The first kappa shape index (κ1) is 9.42. The van der Waals surface area contributed by atoms with Gasteiger partial charge in [-0.15, -0.1) is 0 Å². The third kappa shape index (κ3) is 8.42. The van der Waals surface area contributed by atoms with Crippen molar-refractivity contribution in [2.75, 3.05) is 0 Å². The zero-order chi connectivity index (χ0) is 8.53. The van der Waals surface area contributed by atoms with Crippen LogP contribution in [0.3, 0.4) is 0 Å². The average molecular weight is 154 g/mol. The summed E-state index contributed by atoms with van der Waals surface area (Å²) in [5.41, 5.74) is 0. The van der Waals surface area contributed by atoms with Crippen LogP contribution in [-0.2, 0) is 4.79 Å². The summed E-state index contributed by atoms with van der Waals surface area (Å²) in [4.78, 5) is 15.9. The number of imidazole rings is 1. The lowest BCUT2D eigenvalue weighted by Gasteiger charge is -1.68. The van der Waals surface area contributed by atoms with Crippen LogP contribution in [0.2, 0.25) is 0 Å². The molecule has 4 nitrogen and oxygen atoms in total. The number of H-pyrrole nitrogens is 1. The summed E-state index contributed by atoms with van der Waals surface area (Å²) < 4.78 is 0. The van der Waals surface area contributed by atoms with E-state index in [1.54, 1.807) is 25.6 Å². The molecule has 0 atom stereocenters. The van der Waals surface area contributed by atoms with Crippen molar-refractivity contribution in [3.8, 4) is 0 Å². The molecule has 0 aliphatic carbocycles. The molecule has 0 saturated heterocycles. The molecule has 0 aromatic carbocycles. The molecule has 60 valence electrons. The maximum atomic E-state index is 9.51. The second kappa shape index (κ2) is 6.54. The predicted molar refractivity (Wildman–Crippen MR) is 41.0 cm³/mol. The van der Waals surface area contributed by atoms with Gasteiger partial charge in [0, 0.05) is 18.5 Å². The molecule has 1 rings (SSSR count). The van der Waals surface area contributed by atoms with Gasteiger partial charge < -0.3 is 10.1 Å². The van der Waals surface area contributed by atoms with Crippen molar-refractivity contribution in [1.82, 2.24) is 9.97 Å². The van der Waals surface area contributed by atoms with E-state index in [2.05, 4.69) is 9.97 Å². The summed E-state index contributed by atoms with van der Waals surface area (Å²) in [5.74, 6) is -0.891. The molecule has 0 unspecified atom stereocenters. The topological polar surface area (TPSA) is 66.0 Å². The Labute approximate surface area is 64.6 Å². The van der Waals surface area contributed by atoms with Crippen molar-refractivity contribution < 1.29 is 9.90 Å². The molecule has 1 aromatic rings. The fourth-order valence-electron chi connectivity index (χ4n) is 0.358. The highest BCUT2D eigenvalue weighted by Crippen LogP contribution is 1.65. The van der Waals surface area contributed by atoms with Crippen LogP contribution in [0.4, 0.5) is 0 Å². The van der Waals surface area contributed by atoms with Gasteiger partial charge in [0.1, 0.15) is 0 Å². The molecule has 0 bridgehead atoms. The number of aromatic nitrogens is 2. The lowest BCUT2D eigenvalue weighted by molar-refractivity contribution is -0.131. The van der Waals surface area contributed by atoms with Crippen LogP contribution in [0.5, 0.6) is 0 Å². The Balaban J connectivity index is 0.000000183. The van der Waals surface area contributed by atoms with E-state index in [0.29, 0.717) is 0 Å². The first-order valence-corrected chi connectivity index (χ1v) is 3.05. The number of allylic oxidation sites excluding steroid dienone is 1. The van der Waals surface area contributed by atoms with Crippen LogP contribution in [0.25, 0.3) is 0 Å².